The molecule has 150 valence electrons. The van der Waals surface area contributed by atoms with Crippen molar-refractivity contribution in [1.82, 2.24) is 15.3 Å². The van der Waals surface area contributed by atoms with Crippen molar-refractivity contribution in [2.75, 3.05) is 14.2 Å². The SMILES string of the molecule is CNOC(=O)CC1CCc2nn(-c3ccc(OC)cc3)c(-c3ccccc3)c2C1. The van der Waals surface area contributed by atoms with Gasteiger partial charge in [-0.2, -0.15) is 10.6 Å². The van der Waals surface area contributed by atoms with Crippen LogP contribution in [0.15, 0.2) is 54.6 Å². The van der Waals surface area contributed by atoms with Crippen LogP contribution in [0, 0.1) is 5.92 Å². The first kappa shape index (κ1) is 19.2. The first-order valence-electron chi connectivity index (χ1n) is 9.86. The lowest BCUT2D eigenvalue weighted by atomic mass is 9.83. The third kappa shape index (κ3) is 4.03. The van der Waals surface area contributed by atoms with E-state index in [9.17, 15) is 4.79 Å². The molecule has 0 radical (unpaired) electrons. The Labute approximate surface area is 170 Å². The fraction of sp³-hybridized carbons (Fsp3) is 0.304. The van der Waals surface area contributed by atoms with Gasteiger partial charge in [-0.1, -0.05) is 30.3 Å². The zero-order valence-corrected chi connectivity index (χ0v) is 16.7. The number of ether oxygens (including phenoxy) is 1. The van der Waals surface area contributed by atoms with Crippen molar-refractivity contribution in [2.45, 2.75) is 25.7 Å². The van der Waals surface area contributed by atoms with Gasteiger partial charge in [-0.15, -0.1) is 0 Å². The number of aryl methyl sites for hydroxylation is 1. The molecule has 0 amide bonds. The van der Waals surface area contributed by atoms with Crippen LogP contribution in [0.1, 0.15) is 24.1 Å². The second-order valence-electron chi connectivity index (χ2n) is 7.24. The van der Waals surface area contributed by atoms with Gasteiger partial charge in [0.25, 0.3) is 0 Å². The first-order valence-corrected chi connectivity index (χ1v) is 9.86. The maximum absolute atomic E-state index is 11.9. The van der Waals surface area contributed by atoms with Gasteiger partial charge >= 0.3 is 5.97 Å². The van der Waals surface area contributed by atoms with Gasteiger partial charge in [-0.25, -0.2) is 4.68 Å². The summed E-state index contributed by atoms with van der Waals surface area (Å²) >= 11 is 0. The molecule has 1 N–H and O–H groups in total. The quantitative estimate of drug-likeness (QED) is 0.649. The van der Waals surface area contributed by atoms with Crippen molar-refractivity contribution in [1.29, 1.82) is 0 Å². The van der Waals surface area contributed by atoms with E-state index in [1.807, 2.05) is 47.1 Å². The summed E-state index contributed by atoms with van der Waals surface area (Å²) in [4.78, 5) is 16.9. The molecule has 0 spiro atoms. The molecule has 4 rings (SSSR count). The molecule has 1 heterocycles. The molecular weight excluding hydrogens is 366 g/mol. The summed E-state index contributed by atoms with van der Waals surface area (Å²) in [6.45, 7) is 0. The third-order valence-corrected chi connectivity index (χ3v) is 5.38. The van der Waals surface area contributed by atoms with Gasteiger partial charge in [0.1, 0.15) is 5.75 Å². The minimum atomic E-state index is -0.218. The zero-order valence-electron chi connectivity index (χ0n) is 16.7. The summed E-state index contributed by atoms with van der Waals surface area (Å²) in [5.74, 6) is 0.846. The van der Waals surface area contributed by atoms with Crippen LogP contribution in [0.3, 0.4) is 0 Å². The molecule has 1 atom stereocenters. The van der Waals surface area contributed by atoms with Crippen LogP contribution in [-0.2, 0) is 22.5 Å². The Morgan fingerprint density at radius 2 is 1.93 bits per heavy atom. The van der Waals surface area contributed by atoms with E-state index < -0.39 is 0 Å². The Morgan fingerprint density at radius 1 is 1.17 bits per heavy atom. The second kappa shape index (κ2) is 8.49. The van der Waals surface area contributed by atoms with Gasteiger partial charge in [-0.05, 0) is 49.4 Å². The lowest BCUT2D eigenvalue weighted by Crippen LogP contribution is -2.22. The van der Waals surface area contributed by atoms with Crippen molar-refractivity contribution in [3.8, 4) is 22.7 Å². The maximum Gasteiger partial charge on any atom is 0.325 e. The Bertz CT molecular complexity index is 981. The molecule has 1 aliphatic carbocycles. The zero-order chi connectivity index (χ0) is 20.2. The van der Waals surface area contributed by atoms with Crippen LogP contribution in [-0.4, -0.2) is 29.9 Å². The van der Waals surface area contributed by atoms with E-state index in [4.69, 9.17) is 14.7 Å². The van der Waals surface area contributed by atoms with Crippen LogP contribution >= 0.6 is 0 Å². The molecule has 0 saturated carbocycles. The molecule has 3 aromatic rings. The van der Waals surface area contributed by atoms with Crippen molar-refractivity contribution in [3.05, 3.63) is 65.9 Å². The summed E-state index contributed by atoms with van der Waals surface area (Å²) in [5.41, 5.74) is 8.01. The number of aromatic nitrogens is 2. The summed E-state index contributed by atoms with van der Waals surface area (Å²) in [6.07, 6.45) is 3.01. The molecule has 29 heavy (non-hydrogen) atoms. The van der Waals surface area contributed by atoms with Crippen LogP contribution in [0.5, 0.6) is 5.75 Å². The lowest BCUT2D eigenvalue weighted by molar-refractivity contribution is -0.151. The summed E-state index contributed by atoms with van der Waals surface area (Å²) in [7, 11) is 3.26. The van der Waals surface area contributed by atoms with Gasteiger partial charge in [0, 0.05) is 18.2 Å². The van der Waals surface area contributed by atoms with E-state index in [1.165, 1.54) is 5.56 Å². The Hall–Kier alpha value is -3.12. The van der Waals surface area contributed by atoms with E-state index >= 15 is 0 Å². The molecule has 1 unspecified atom stereocenters. The Kier molecular flexibility index (Phi) is 5.62. The average Bonchev–Trinajstić information content (AvgIpc) is 3.13. The van der Waals surface area contributed by atoms with Gasteiger partial charge < -0.3 is 9.57 Å². The summed E-state index contributed by atoms with van der Waals surface area (Å²) < 4.78 is 7.32. The normalized spacial score (nSPS) is 15.6. The number of fused-ring (bicyclic) bond motifs is 1. The molecular formula is C23H25N3O3. The fourth-order valence-corrected chi connectivity index (χ4v) is 4.01. The van der Waals surface area contributed by atoms with E-state index in [-0.39, 0.29) is 11.9 Å². The number of hydrogen-bond donors (Lipinski definition) is 1. The van der Waals surface area contributed by atoms with Crippen molar-refractivity contribution in [3.63, 3.8) is 0 Å². The molecule has 2 aromatic carbocycles. The summed E-state index contributed by atoms with van der Waals surface area (Å²) in [6, 6.07) is 18.2. The molecule has 1 aliphatic rings. The number of rotatable bonds is 6. The molecule has 1 aromatic heterocycles. The van der Waals surface area contributed by atoms with Crippen LogP contribution in [0.4, 0.5) is 0 Å². The highest BCUT2D eigenvalue weighted by Gasteiger charge is 2.28. The fourth-order valence-electron chi connectivity index (χ4n) is 4.01. The lowest BCUT2D eigenvalue weighted by Gasteiger charge is -2.21. The number of nitrogens with zero attached hydrogens (tertiary/aromatic N) is 2. The maximum atomic E-state index is 11.9. The average molecular weight is 391 g/mol. The monoisotopic (exact) mass is 391 g/mol. The first-order chi connectivity index (χ1) is 14.2. The van der Waals surface area contributed by atoms with Crippen LogP contribution in [0.25, 0.3) is 16.9 Å². The summed E-state index contributed by atoms with van der Waals surface area (Å²) in [5, 5.41) is 4.95. The molecule has 0 bridgehead atoms. The highest BCUT2D eigenvalue weighted by atomic mass is 16.7. The predicted octanol–water partition coefficient (Wildman–Crippen LogP) is 3.72. The molecule has 0 fully saturated rings. The van der Waals surface area contributed by atoms with Crippen LogP contribution in [0.2, 0.25) is 0 Å². The van der Waals surface area contributed by atoms with E-state index in [1.54, 1.807) is 14.2 Å². The number of carbonyl (C=O) groups is 1. The number of carbonyl (C=O) groups excluding carboxylic acids is 1. The van der Waals surface area contributed by atoms with Gasteiger partial charge in [0.2, 0.25) is 0 Å². The van der Waals surface area contributed by atoms with Crippen molar-refractivity contribution in [2.24, 2.45) is 5.92 Å². The highest BCUT2D eigenvalue weighted by molar-refractivity contribution is 5.70. The number of hydroxylamine groups is 1. The Balaban J connectivity index is 1.74. The second-order valence-corrected chi connectivity index (χ2v) is 7.24. The number of benzene rings is 2. The molecule has 6 heteroatoms. The topological polar surface area (TPSA) is 65.4 Å². The number of nitrogens with one attached hydrogen (secondary N) is 1. The van der Waals surface area contributed by atoms with Crippen LogP contribution < -0.4 is 10.2 Å². The van der Waals surface area contributed by atoms with Gasteiger partial charge in [0.05, 0.1) is 30.6 Å². The smallest absolute Gasteiger partial charge is 0.325 e. The van der Waals surface area contributed by atoms with E-state index in [0.717, 1.165) is 47.7 Å². The largest absolute Gasteiger partial charge is 0.497 e. The predicted molar refractivity (Wildman–Crippen MR) is 111 cm³/mol. The molecule has 0 aliphatic heterocycles. The van der Waals surface area contributed by atoms with Crippen molar-refractivity contribution < 1.29 is 14.4 Å². The molecule has 0 saturated heterocycles. The molecule has 6 nitrogen and oxygen atoms in total. The highest BCUT2D eigenvalue weighted by Crippen LogP contribution is 2.36. The number of hydrogen-bond acceptors (Lipinski definition) is 5. The number of methoxy groups -OCH3 is 1. The van der Waals surface area contributed by atoms with Gasteiger partial charge in [0.15, 0.2) is 0 Å². The minimum absolute atomic E-state index is 0.218. The minimum Gasteiger partial charge on any atom is -0.497 e. The van der Waals surface area contributed by atoms with E-state index in [2.05, 4.69) is 17.6 Å². The van der Waals surface area contributed by atoms with E-state index in [0.29, 0.717) is 6.42 Å². The van der Waals surface area contributed by atoms with Crippen molar-refractivity contribution >= 4 is 5.97 Å². The third-order valence-electron chi connectivity index (χ3n) is 5.38. The Morgan fingerprint density at radius 3 is 2.62 bits per heavy atom. The standard InChI is InChI=1S/C23H25N3O3/c1-24-29-22(27)15-16-8-13-21-20(14-16)23(17-6-4-3-5-7-17)26(25-21)18-9-11-19(28-2)12-10-18/h3-7,9-12,16,24H,8,13-15H2,1-2H3. The van der Waals surface area contributed by atoms with Gasteiger partial charge in [-0.3, -0.25) is 4.79 Å².